The van der Waals surface area contributed by atoms with Gasteiger partial charge in [-0.1, -0.05) is 80.2 Å². The summed E-state index contributed by atoms with van der Waals surface area (Å²) in [5.74, 6) is -0.351. The fourth-order valence-electron chi connectivity index (χ4n) is 4.79. The Morgan fingerprint density at radius 1 is 1.00 bits per heavy atom. The molecule has 2 amide bonds. The van der Waals surface area contributed by atoms with Crippen LogP contribution >= 0.6 is 11.8 Å². The molecule has 2 N–H and O–H groups in total. The van der Waals surface area contributed by atoms with Gasteiger partial charge >= 0.3 is 0 Å². The molecule has 2 aliphatic heterocycles. The molecular weight excluding hydrogens is 523 g/mol. The van der Waals surface area contributed by atoms with Crippen LogP contribution in [0.15, 0.2) is 106 Å². The number of nitrogens with zero attached hydrogens (tertiary/aromatic N) is 2. The highest BCUT2D eigenvalue weighted by Crippen LogP contribution is 2.45. The lowest BCUT2D eigenvalue weighted by atomic mass is 9.91. The van der Waals surface area contributed by atoms with E-state index in [9.17, 15) is 14.0 Å². The van der Waals surface area contributed by atoms with Gasteiger partial charge in [0.25, 0.3) is 5.91 Å². The van der Waals surface area contributed by atoms with E-state index in [1.54, 1.807) is 12.1 Å². The Kier molecular flexibility index (Phi) is 8.16. The van der Waals surface area contributed by atoms with Crippen LogP contribution in [0.25, 0.3) is 0 Å². The monoisotopic (exact) mass is 554 g/mol. The van der Waals surface area contributed by atoms with Gasteiger partial charge in [-0.25, -0.2) is 9.38 Å². The summed E-state index contributed by atoms with van der Waals surface area (Å²) in [7, 11) is 0. The quantitative estimate of drug-likeness (QED) is 0.319. The molecule has 0 aromatic heterocycles. The molecule has 0 saturated carbocycles. The van der Waals surface area contributed by atoms with Gasteiger partial charge in [0.15, 0.2) is 5.17 Å². The van der Waals surface area contributed by atoms with E-state index in [-0.39, 0.29) is 24.1 Å². The van der Waals surface area contributed by atoms with Gasteiger partial charge in [0.1, 0.15) is 5.82 Å². The minimum Gasteiger partial charge on any atom is -0.352 e. The van der Waals surface area contributed by atoms with E-state index in [1.165, 1.54) is 29.5 Å². The zero-order valence-corrected chi connectivity index (χ0v) is 23.5. The Morgan fingerprint density at radius 3 is 2.38 bits per heavy atom. The predicted molar refractivity (Wildman–Crippen MR) is 159 cm³/mol. The standard InChI is InChI=1S/C32H31FN4O2S/c1-20(2)23-11-13-24(14-12-23)30-29(31(39)36-26-7-5-4-6-8-26)21(3)35-32-37(30)27(19-40-32)17-28(38)34-18-22-9-15-25(33)16-10-22/h4-16,19-20,30H,17-18H2,1-3H3,(H,34,38)(H,36,39)/t30-/m0/s1. The molecule has 3 aromatic carbocycles. The number of allylic oxidation sites excluding steroid dienone is 1. The largest absolute Gasteiger partial charge is 0.352 e. The highest BCUT2D eigenvalue weighted by molar-refractivity contribution is 8.16. The number of hydrogen-bond donors (Lipinski definition) is 2. The van der Waals surface area contributed by atoms with Gasteiger partial charge in [-0.15, -0.1) is 0 Å². The summed E-state index contributed by atoms with van der Waals surface area (Å²) in [5.41, 5.74) is 5.58. The second-order valence-corrected chi connectivity index (χ2v) is 11.0. The first-order valence-corrected chi connectivity index (χ1v) is 14.1. The molecule has 1 atom stereocenters. The van der Waals surface area contributed by atoms with Crippen molar-refractivity contribution in [2.75, 3.05) is 5.32 Å². The summed E-state index contributed by atoms with van der Waals surface area (Å²) in [4.78, 5) is 33.5. The van der Waals surface area contributed by atoms with Gasteiger partial charge in [-0.3, -0.25) is 9.59 Å². The third-order valence-electron chi connectivity index (χ3n) is 6.94. The predicted octanol–water partition coefficient (Wildman–Crippen LogP) is 6.87. The summed E-state index contributed by atoms with van der Waals surface area (Å²) in [5, 5.41) is 8.60. The molecule has 8 heteroatoms. The Morgan fingerprint density at radius 2 is 1.70 bits per heavy atom. The third kappa shape index (κ3) is 6.02. The molecule has 2 aliphatic rings. The molecule has 0 fully saturated rings. The number of para-hydroxylation sites is 1. The summed E-state index contributed by atoms with van der Waals surface area (Å²) in [6, 6.07) is 23.2. The van der Waals surface area contributed by atoms with E-state index in [2.05, 4.69) is 48.7 Å². The van der Waals surface area contributed by atoms with Crippen molar-refractivity contribution in [2.24, 2.45) is 4.99 Å². The van der Waals surface area contributed by atoms with Crippen LogP contribution in [0.5, 0.6) is 0 Å². The number of carbonyl (C=O) groups is 2. The van der Waals surface area contributed by atoms with Crippen molar-refractivity contribution in [3.63, 3.8) is 0 Å². The lowest BCUT2D eigenvalue weighted by Gasteiger charge is -2.36. The number of nitrogens with one attached hydrogen (secondary N) is 2. The number of amidine groups is 1. The number of amides is 2. The lowest BCUT2D eigenvalue weighted by Crippen LogP contribution is -2.38. The van der Waals surface area contributed by atoms with Crippen LogP contribution in [0.3, 0.4) is 0 Å². The van der Waals surface area contributed by atoms with Crippen molar-refractivity contribution < 1.29 is 14.0 Å². The maximum atomic E-state index is 13.7. The number of aliphatic imine (C=N–C) groups is 1. The molecule has 0 aliphatic carbocycles. The average molecular weight is 555 g/mol. The van der Waals surface area contributed by atoms with Gasteiger partial charge in [0.2, 0.25) is 5.91 Å². The molecule has 0 unspecified atom stereocenters. The maximum Gasteiger partial charge on any atom is 0.255 e. The van der Waals surface area contributed by atoms with E-state index in [0.717, 1.165) is 22.0 Å². The zero-order chi connectivity index (χ0) is 28.2. The minimum absolute atomic E-state index is 0.112. The fraction of sp³-hybridized carbons (Fsp3) is 0.219. The number of fused-ring (bicyclic) bond motifs is 1. The normalized spacial score (nSPS) is 16.4. The number of halogens is 1. The van der Waals surface area contributed by atoms with Crippen molar-refractivity contribution in [2.45, 2.75) is 45.7 Å². The van der Waals surface area contributed by atoms with Crippen molar-refractivity contribution in [1.82, 2.24) is 10.2 Å². The topological polar surface area (TPSA) is 73.8 Å². The number of benzene rings is 3. The van der Waals surface area contributed by atoms with E-state index >= 15 is 0 Å². The molecule has 3 aromatic rings. The first-order chi connectivity index (χ1) is 19.3. The van der Waals surface area contributed by atoms with Gasteiger partial charge in [0, 0.05) is 17.9 Å². The van der Waals surface area contributed by atoms with Crippen molar-refractivity contribution in [3.8, 4) is 0 Å². The number of hydrogen-bond acceptors (Lipinski definition) is 5. The van der Waals surface area contributed by atoms with Crippen LogP contribution in [0.4, 0.5) is 10.1 Å². The van der Waals surface area contributed by atoms with E-state index in [4.69, 9.17) is 4.99 Å². The molecule has 2 heterocycles. The van der Waals surface area contributed by atoms with Crippen molar-refractivity contribution in [3.05, 3.63) is 124 Å². The van der Waals surface area contributed by atoms with Crippen LogP contribution in [0.1, 0.15) is 55.8 Å². The smallest absolute Gasteiger partial charge is 0.255 e. The van der Waals surface area contributed by atoms with E-state index < -0.39 is 6.04 Å². The third-order valence-corrected chi connectivity index (χ3v) is 7.83. The highest BCUT2D eigenvalue weighted by Gasteiger charge is 2.40. The average Bonchev–Trinajstić information content (AvgIpc) is 3.34. The van der Waals surface area contributed by atoms with Crippen LogP contribution in [0, 0.1) is 5.82 Å². The van der Waals surface area contributed by atoms with Gasteiger partial charge < -0.3 is 15.5 Å². The Bertz CT molecular complexity index is 1500. The van der Waals surface area contributed by atoms with Gasteiger partial charge in [-0.2, -0.15) is 0 Å². The summed E-state index contributed by atoms with van der Waals surface area (Å²) >= 11 is 1.45. The number of rotatable bonds is 8. The van der Waals surface area contributed by atoms with E-state index in [0.29, 0.717) is 29.4 Å². The zero-order valence-electron chi connectivity index (χ0n) is 22.6. The van der Waals surface area contributed by atoms with Crippen LogP contribution in [-0.4, -0.2) is 21.9 Å². The molecule has 0 saturated heterocycles. The molecule has 5 rings (SSSR count). The molecule has 204 valence electrons. The number of thioether (sulfide) groups is 1. The lowest BCUT2D eigenvalue weighted by molar-refractivity contribution is -0.120. The van der Waals surface area contributed by atoms with Crippen molar-refractivity contribution >= 4 is 34.4 Å². The second kappa shape index (κ2) is 11.9. The van der Waals surface area contributed by atoms with Gasteiger partial charge in [-0.05, 0) is 59.2 Å². The molecule has 0 bridgehead atoms. The number of carbonyl (C=O) groups excluding carboxylic acids is 2. The van der Waals surface area contributed by atoms with Gasteiger partial charge in [0.05, 0.1) is 23.7 Å². The van der Waals surface area contributed by atoms with Crippen LogP contribution < -0.4 is 10.6 Å². The summed E-state index contributed by atoms with van der Waals surface area (Å²) < 4.78 is 13.2. The summed E-state index contributed by atoms with van der Waals surface area (Å²) in [6.07, 6.45) is 0.112. The minimum atomic E-state index is -0.455. The molecule has 6 nitrogen and oxygen atoms in total. The first kappa shape index (κ1) is 27.4. The summed E-state index contributed by atoms with van der Waals surface area (Å²) in [6.45, 7) is 6.44. The highest BCUT2D eigenvalue weighted by atomic mass is 32.2. The SMILES string of the molecule is CC1=C(C(=O)Nc2ccccc2)[C@H](c2ccc(C(C)C)cc2)N2C(CC(=O)NCc3ccc(F)cc3)=CSC2=N1. The first-order valence-electron chi connectivity index (χ1n) is 13.2. The fourth-order valence-corrected chi connectivity index (χ4v) is 5.75. The van der Waals surface area contributed by atoms with Crippen LogP contribution in [0.2, 0.25) is 0 Å². The van der Waals surface area contributed by atoms with Crippen LogP contribution in [-0.2, 0) is 16.1 Å². The van der Waals surface area contributed by atoms with E-state index in [1.807, 2.05) is 47.6 Å². The Balaban J connectivity index is 1.43. The molecule has 0 radical (unpaired) electrons. The molecule has 40 heavy (non-hydrogen) atoms. The molecular formula is C32H31FN4O2S. The number of anilines is 1. The van der Waals surface area contributed by atoms with Crippen molar-refractivity contribution in [1.29, 1.82) is 0 Å². The Labute approximate surface area is 238 Å². The molecule has 0 spiro atoms. The second-order valence-electron chi connectivity index (χ2n) is 10.1. The Hall–Kier alpha value is -4.17. The maximum absolute atomic E-state index is 13.7.